The van der Waals surface area contributed by atoms with E-state index in [4.69, 9.17) is 4.74 Å². The second kappa shape index (κ2) is 6.84. The lowest BCUT2D eigenvalue weighted by Crippen LogP contribution is -2.63. The maximum absolute atomic E-state index is 13.1. The molecule has 1 N–H and O–H groups in total. The van der Waals surface area contributed by atoms with Crippen LogP contribution in [-0.2, 0) is 13.2 Å². The molecule has 0 aromatic heterocycles. The average Bonchev–Trinajstić information content (AvgIpc) is 2.64. The van der Waals surface area contributed by atoms with Crippen LogP contribution in [-0.4, -0.2) is 5.54 Å². The number of rotatable bonds is 6. The summed E-state index contributed by atoms with van der Waals surface area (Å²) in [4.78, 5) is 0. The van der Waals surface area contributed by atoms with Crippen LogP contribution in [0.1, 0.15) is 63.5 Å². The maximum atomic E-state index is 13.1. The highest BCUT2D eigenvalue weighted by Gasteiger charge is 2.59. The lowest BCUT2D eigenvalue weighted by molar-refractivity contribution is -0.118. The topological polar surface area (TPSA) is 21.3 Å². The number of nitrogens with one attached hydrogen (secondary N) is 1. The van der Waals surface area contributed by atoms with Gasteiger partial charge in [0, 0.05) is 17.6 Å². The van der Waals surface area contributed by atoms with Crippen molar-refractivity contribution in [3.05, 3.63) is 65.5 Å². The monoisotopic (exact) mass is 393 g/mol. The van der Waals surface area contributed by atoms with E-state index in [9.17, 15) is 4.39 Å². The first-order chi connectivity index (χ1) is 13.8. The molecule has 4 saturated carbocycles. The lowest BCUT2D eigenvalue weighted by Gasteiger charge is -2.65. The molecule has 4 bridgehead atoms. The van der Waals surface area contributed by atoms with Gasteiger partial charge in [0.15, 0.2) is 0 Å². The predicted octanol–water partition coefficient (Wildman–Crippen LogP) is 6.24. The van der Waals surface area contributed by atoms with Gasteiger partial charge >= 0.3 is 0 Å². The SMILES string of the molecule is C[C@]12CC3CC(NCc4ccccc4OCc4ccc(F)cc4)(C1)C[C@@](C)(C3)C2. The maximum Gasteiger partial charge on any atom is 0.124 e. The van der Waals surface area contributed by atoms with Crippen molar-refractivity contribution in [2.24, 2.45) is 16.7 Å². The summed E-state index contributed by atoms with van der Waals surface area (Å²) in [5.41, 5.74) is 3.50. The van der Waals surface area contributed by atoms with Crippen LogP contribution in [0.2, 0.25) is 0 Å². The van der Waals surface area contributed by atoms with Gasteiger partial charge in [0.1, 0.15) is 18.2 Å². The number of halogens is 1. The Kier molecular flexibility index (Phi) is 4.51. The highest BCUT2D eigenvalue weighted by atomic mass is 19.1. The fraction of sp³-hybridized carbons (Fsp3) is 0.538. The molecule has 0 saturated heterocycles. The molecule has 4 aliphatic rings. The molecule has 0 heterocycles. The number of hydrogen-bond donors (Lipinski definition) is 1. The molecule has 29 heavy (non-hydrogen) atoms. The van der Waals surface area contributed by atoms with Crippen molar-refractivity contribution in [1.29, 1.82) is 0 Å². The van der Waals surface area contributed by atoms with Gasteiger partial charge in [-0.1, -0.05) is 44.2 Å². The third kappa shape index (κ3) is 3.82. The lowest BCUT2D eigenvalue weighted by atomic mass is 9.43. The molecule has 154 valence electrons. The first-order valence-electron chi connectivity index (χ1n) is 11.0. The minimum atomic E-state index is -0.212. The van der Waals surface area contributed by atoms with E-state index in [1.807, 2.05) is 12.1 Å². The van der Waals surface area contributed by atoms with Gasteiger partial charge in [-0.25, -0.2) is 4.39 Å². The van der Waals surface area contributed by atoms with E-state index in [1.165, 1.54) is 56.2 Å². The van der Waals surface area contributed by atoms with Gasteiger partial charge in [-0.3, -0.25) is 0 Å². The number of hydrogen-bond acceptors (Lipinski definition) is 2. The standard InChI is InChI=1S/C26H32FNO/c1-24-11-20-12-25(2,16-24)18-26(13-20,17-24)28-14-21-5-3-4-6-23(21)29-15-19-7-9-22(27)10-8-19/h3-10,20,28H,11-18H2,1-2H3/t20?,24-,25+,26?. The zero-order chi connectivity index (χ0) is 20.1. The summed E-state index contributed by atoms with van der Waals surface area (Å²) < 4.78 is 19.2. The van der Waals surface area contributed by atoms with Gasteiger partial charge in [-0.05, 0) is 79.0 Å². The molecule has 4 fully saturated rings. The first kappa shape index (κ1) is 19.1. The highest BCUT2D eigenvalue weighted by molar-refractivity contribution is 5.34. The fourth-order valence-corrected chi connectivity index (χ4v) is 7.46. The van der Waals surface area contributed by atoms with Crippen LogP contribution in [0.3, 0.4) is 0 Å². The Labute approximate surface area is 173 Å². The van der Waals surface area contributed by atoms with Crippen LogP contribution in [0, 0.1) is 22.6 Å². The van der Waals surface area contributed by atoms with Crippen molar-refractivity contribution in [3.8, 4) is 5.75 Å². The zero-order valence-corrected chi connectivity index (χ0v) is 17.6. The molecule has 0 aliphatic heterocycles. The normalized spacial score (nSPS) is 35.1. The minimum Gasteiger partial charge on any atom is -0.489 e. The third-order valence-corrected chi connectivity index (χ3v) is 7.56. The van der Waals surface area contributed by atoms with Gasteiger partial charge in [-0.2, -0.15) is 0 Å². The van der Waals surface area contributed by atoms with E-state index in [2.05, 4.69) is 31.3 Å². The third-order valence-electron chi connectivity index (χ3n) is 7.56. The van der Waals surface area contributed by atoms with E-state index in [0.29, 0.717) is 17.4 Å². The van der Waals surface area contributed by atoms with Gasteiger partial charge in [0.05, 0.1) is 0 Å². The molecule has 0 amide bonds. The Balaban J connectivity index is 1.28. The van der Waals surface area contributed by atoms with E-state index in [-0.39, 0.29) is 11.4 Å². The summed E-state index contributed by atoms with van der Waals surface area (Å²) in [6.07, 6.45) is 8.19. The summed E-state index contributed by atoms with van der Waals surface area (Å²) in [6.45, 7) is 6.34. The summed E-state index contributed by atoms with van der Waals surface area (Å²) in [5.74, 6) is 1.60. The van der Waals surface area contributed by atoms with Crippen LogP contribution >= 0.6 is 0 Å². The smallest absolute Gasteiger partial charge is 0.124 e. The molecule has 2 aromatic carbocycles. The second-order valence-electron chi connectivity index (χ2n) is 10.8. The fourth-order valence-electron chi connectivity index (χ4n) is 7.46. The number of para-hydroxylation sites is 1. The Morgan fingerprint density at radius 1 is 0.931 bits per heavy atom. The molecule has 4 atom stereocenters. The Bertz CT molecular complexity index is 874. The minimum absolute atomic E-state index is 0.212. The molecule has 2 unspecified atom stereocenters. The summed E-state index contributed by atoms with van der Waals surface area (Å²) in [6, 6.07) is 14.9. The van der Waals surface area contributed by atoms with Crippen molar-refractivity contribution in [3.63, 3.8) is 0 Å². The van der Waals surface area contributed by atoms with E-state index in [0.717, 1.165) is 23.8 Å². The Morgan fingerprint density at radius 2 is 1.62 bits per heavy atom. The highest BCUT2D eigenvalue weighted by Crippen LogP contribution is 2.66. The zero-order valence-electron chi connectivity index (χ0n) is 17.6. The van der Waals surface area contributed by atoms with E-state index >= 15 is 0 Å². The van der Waals surface area contributed by atoms with E-state index < -0.39 is 0 Å². The number of benzene rings is 2. The van der Waals surface area contributed by atoms with Gasteiger partial charge in [0.2, 0.25) is 0 Å². The van der Waals surface area contributed by atoms with Crippen LogP contribution in [0.15, 0.2) is 48.5 Å². The van der Waals surface area contributed by atoms with Gasteiger partial charge in [0.25, 0.3) is 0 Å². The molecule has 2 nitrogen and oxygen atoms in total. The molecule has 4 aliphatic carbocycles. The van der Waals surface area contributed by atoms with Crippen molar-refractivity contribution in [2.75, 3.05) is 0 Å². The van der Waals surface area contributed by atoms with Crippen LogP contribution in [0.5, 0.6) is 5.75 Å². The summed E-state index contributed by atoms with van der Waals surface area (Å²) in [5, 5.41) is 4.01. The van der Waals surface area contributed by atoms with Crippen molar-refractivity contribution < 1.29 is 9.13 Å². The van der Waals surface area contributed by atoms with Gasteiger partial charge in [-0.15, -0.1) is 0 Å². The number of ether oxygens (including phenoxy) is 1. The van der Waals surface area contributed by atoms with Crippen LogP contribution in [0.25, 0.3) is 0 Å². The first-order valence-corrected chi connectivity index (χ1v) is 11.0. The molecule has 3 heteroatoms. The largest absolute Gasteiger partial charge is 0.489 e. The molecular weight excluding hydrogens is 361 g/mol. The Hall–Kier alpha value is -1.87. The quantitative estimate of drug-likeness (QED) is 0.627. The average molecular weight is 394 g/mol. The van der Waals surface area contributed by atoms with Crippen LogP contribution in [0.4, 0.5) is 4.39 Å². The molecule has 2 aromatic rings. The predicted molar refractivity (Wildman–Crippen MR) is 114 cm³/mol. The molecule has 0 radical (unpaired) electrons. The summed E-state index contributed by atoms with van der Waals surface area (Å²) >= 11 is 0. The van der Waals surface area contributed by atoms with E-state index in [1.54, 1.807) is 12.1 Å². The Morgan fingerprint density at radius 3 is 2.31 bits per heavy atom. The summed E-state index contributed by atoms with van der Waals surface area (Å²) in [7, 11) is 0. The molecular formula is C26H32FNO. The van der Waals surface area contributed by atoms with Gasteiger partial charge < -0.3 is 10.1 Å². The van der Waals surface area contributed by atoms with Crippen molar-refractivity contribution >= 4 is 0 Å². The second-order valence-corrected chi connectivity index (χ2v) is 10.8. The molecule has 6 rings (SSSR count). The van der Waals surface area contributed by atoms with Crippen LogP contribution < -0.4 is 10.1 Å². The van der Waals surface area contributed by atoms with Crippen molar-refractivity contribution in [1.82, 2.24) is 5.32 Å². The van der Waals surface area contributed by atoms with Crippen molar-refractivity contribution in [2.45, 2.75) is 71.1 Å². The molecule has 0 spiro atoms.